The Morgan fingerprint density at radius 2 is 1.52 bits per heavy atom. The first-order valence-electron chi connectivity index (χ1n) is 8.99. The summed E-state index contributed by atoms with van der Waals surface area (Å²) >= 11 is 0. The van der Waals surface area contributed by atoms with Crippen molar-refractivity contribution in [3.05, 3.63) is 71.8 Å². The first-order valence-corrected chi connectivity index (χ1v) is 8.99. The molecule has 1 aliphatic carbocycles. The van der Waals surface area contributed by atoms with Gasteiger partial charge in [-0.1, -0.05) is 73.5 Å². The van der Waals surface area contributed by atoms with Gasteiger partial charge in [0.1, 0.15) is 6.61 Å². The zero-order valence-corrected chi connectivity index (χ0v) is 14.5. The van der Waals surface area contributed by atoms with E-state index in [2.05, 4.69) is 22.8 Å². The summed E-state index contributed by atoms with van der Waals surface area (Å²) in [6, 6.07) is 20.1. The molecule has 4 nitrogen and oxygen atoms in total. The number of hydrogen-bond acceptors (Lipinski definition) is 3. The van der Waals surface area contributed by atoms with Crippen molar-refractivity contribution in [2.75, 3.05) is 6.54 Å². The quantitative estimate of drug-likeness (QED) is 0.802. The minimum Gasteiger partial charge on any atom is -0.445 e. The normalized spacial score (nSPS) is 15.7. The average molecular weight is 338 g/mol. The maximum atomic E-state index is 12.2. The number of hydrogen-bond donors (Lipinski definition) is 2. The number of carbonyl (C=O) groups is 1. The summed E-state index contributed by atoms with van der Waals surface area (Å²) in [5, 5.41) is 6.62. The van der Waals surface area contributed by atoms with Crippen LogP contribution in [0.2, 0.25) is 0 Å². The van der Waals surface area contributed by atoms with E-state index in [0.29, 0.717) is 6.61 Å². The average Bonchev–Trinajstić information content (AvgIpc) is 3.10. The molecule has 4 heteroatoms. The summed E-state index contributed by atoms with van der Waals surface area (Å²) in [7, 11) is 0. The fourth-order valence-electron chi connectivity index (χ4n) is 3.42. The summed E-state index contributed by atoms with van der Waals surface area (Å²) in [6.45, 7) is 1.88. The minimum absolute atomic E-state index is 0.192. The van der Waals surface area contributed by atoms with Gasteiger partial charge < -0.3 is 15.4 Å². The van der Waals surface area contributed by atoms with Crippen LogP contribution in [0.5, 0.6) is 0 Å². The highest BCUT2D eigenvalue weighted by Gasteiger charge is 2.35. The van der Waals surface area contributed by atoms with Crippen LogP contribution in [0.25, 0.3) is 0 Å². The zero-order chi connectivity index (χ0) is 17.4. The third-order valence-electron chi connectivity index (χ3n) is 4.78. The number of ether oxygens (including phenoxy) is 1. The Balaban J connectivity index is 1.48. The van der Waals surface area contributed by atoms with Crippen LogP contribution in [0.3, 0.4) is 0 Å². The summed E-state index contributed by atoms with van der Waals surface area (Å²) in [5.74, 6) is 0. The lowest BCUT2D eigenvalue weighted by Gasteiger charge is -2.30. The third kappa shape index (κ3) is 5.33. The molecule has 132 valence electrons. The van der Waals surface area contributed by atoms with Gasteiger partial charge >= 0.3 is 6.09 Å². The van der Waals surface area contributed by atoms with E-state index in [-0.39, 0.29) is 11.6 Å². The van der Waals surface area contributed by atoms with Crippen molar-refractivity contribution in [2.45, 2.75) is 44.4 Å². The summed E-state index contributed by atoms with van der Waals surface area (Å²) in [5.41, 5.74) is 2.06. The van der Waals surface area contributed by atoms with Crippen molar-refractivity contribution < 1.29 is 9.53 Å². The number of benzene rings is 2. The lowest BCUT2D eigenvalue weighted by molar-refractivity contribution is 0.125. The van der Waals surface area contributed by atoms with Crippen LogP contribution in [0.1, 0.15) is 36.8 Å². The van der Waals surface area contributed by atoms with Gasteiger partial charge in [0.15, 0.2) is 0 Å². The van der Waals surface area contributed by atoms with Gasteiger partial charge in [0.05, 0.1) is 5.54 Å². The number of nitrogens with one attached hydrogen (secondary N) is 2. The molecule has 25 heavy (non-hydrogen) atoms. The second kappa shape index (κ2) is 8.67. The lowest BCUT2D eigenvalue weighted by atomic mass is 9.97. The first-order chi connectivity index (χ1) is 12.3. The van der Waals surface area contributed by atoms with E-state index in [1.54, 1.807) is 0 Å². The molecule has 0 saturated heterocycles. The summed E-state index contributed by atoms with van der Waals surface area (Å²) in [6.07, 6.45) is 3.95. The molecule has 0 spiro atoms. The van der Waals surface area contributed by atoms with Gasteiger partial charge in [-0.25, -0.2) is 4.79 Å². The van der Waals surface area contributed by atoms with Crippen LogP contribution < -0.4 is 10.6 Å². The Morgan fingerprint density at radius 3 is 2.16 bits per heavy atom. The van der Waals surface area contributed by atoms with Crippen molar-refractivity contribution in [1.82, 2.24) is 10.6 Å². The summed E-state index contributed by atoms with van der Waals surface area (Å²) < 4.78 is 5.40. The minimum atomic E-state index is -0.327. The summed E-state index contributed by atoms with van der Waals surface area (Å²) in [4.78, 5) is 12.2. The molecule has 0 radical (unpaired) electrons. The molecule has 1 fully saturated rings. The topological polar surface area (TPSA) is 50.4 Å². The molecule has 2 aromatic rings. The largest absolute Gasteiger partial charge is 0.445 e. The standard InChI is InChI=1S/C21H26N2O2/c24-20(25-16-19-11-5-2-6-12-19)23-21(13-7-8-14-21)17-22-15-18-9-3-1-4-10-18/h1-6,9-12,22H,7-8,13-17H2,(H,23,24). The molecule has 0 bridgehead atoms. The molecule has 0 atom stereocenters. The van der Waals surface area contributed by atoms with Gasteiger partial charge in [0.2, 0.25) is 0 Å². The SMILES string of the molecule is O=C(NC1(CNCc2ccccc2)CCCC1)OCc1ccccc1. The second-order valence-electron chi connectivity index (χ2n) is 6.76. The first kappa shape index (κ1) is 17.5. The Morgan fingerprint density at radius 1 is 0.920 bits per heavy atom. The zero-order valence-electron chi connectivity index (χ0n) is 14.5. The highest BCUT2D eigenvalue weighted by molar-refractivity contribution is 5.68. The lowest BCUT2D eigenvalue weighted by Crippen LogP contribution is -2.52. The van der Waals surface area contributed by atoms with E-state index in [1.165, 1.54) is 5.56 Å². The Kier molecular flexibility index (Phi) is 6.07. The van der Waals surface area contributed by atoms with Crippen molar-refractivity contribution in [3.63, 3.8) is 0 Å². The van der Waals surface area contributed by atoms with Crippen LogP contribution in [0.4, 0.5) is 4.79 Å². The molecular weight excluding hydrogens is 312 g/mol. The number of rotatable bonds is 7. The molecule has 2 aromatic carbocycles. The van der Waals surface area contributed by atoms with Crippen LogP contribution in [0.15, 0.2) is 60.7 Å². The van der Waals surface area contributed by atoms with Crippen molar-refractivity contribution in [2.24, 2.45) is 0 Å². The predicted molar refractivity (Wildman–Crippen MR) is 99.1 cm³/mol. The van der Waals surface area contributed by atoms with E-state index in [1.807, 2.05) is 48.5 Å². The smallest absolute Gasteiger partial charge is 0.407 e. The van der Waals surface area contributed by atoms with E-state index in [4.69, 9.17) is 4.74 Å². The van der Waals surface area contributed by atoms with Crippen molar-refractivity contribution in [3.8, 4) is 0 Å². The maximum absolute atomic E-state index is 12.2. The monoisotopic (exact) mass is 338 g/mol. The fourth-order valence-corrected chi connectivity index (χ4v) is 3.42. The molecule has 3 rings (SSSR count). The molecule has 2 N–H and O–H groups in total. The molecule has 1 aliphatic rings. The Bertz CT molecular complexity index is 652. The van der Waals surface area contributed by atoms with Gasteiger partial charge in [0, 0.05) is 13.1 Å². The van der Waals surface area contributed by atoms with Crippen molar-refractivity contribution in [1.29, 1.82) is 0 Å². The van der Waals surface area contributed by atoms with Crippen LogP contribution in [-0.4, -0.2) is 18.2 Å². The number of alkyl carbamates (subject to hydrolysis) is 1. The molecule has 0 heterocycles. The van der Waals surface area contributed by atoms with Crippen LogP contribution in [0, 0.1) is 0 Å². The molecule has 1 saturated carbocycles. The maximum Gasteiger partial charge on any atom is 0.407 e. The van der Waals surface area contributed by atoms with Crippen LogP contribution >= 0.6 is 0 Å². The number of carbonyl (C=O) groups excluding carboxylic acids is 1. The molecule has 0 aromatic heterocycles. The Hall–Kier alpha value is -2.33. The van der Waals surface area contributed by atoms with E-state index in [0.717, 1.165) is 44.3 Å². The Labute approximate surface area is 149 Å². The fraction of sp³-hybridized carbons (Fsp3) is 0.381. The predicted octanol–water partition coefficient (Wildman–Crippen LogP) is 4.02. The molecular formula is C21H26N2O2. The molecule has 0 unspecified atom stereocenters. The number of amides is 1. The highest BCUT2D eigenvalue weighted by atomic mass is 16.5. The highest BCUT2D eigenvalue weighted by Crippen LogP contribution is 2.29. The van der Waals surface area contributed by atoms with E-state index < -0.39 is 0 Å². The third-order valence-corrected chi connectivity index (χ3v) is 4.78. The van der Waals surface area contributed by atoms with E-state index in [9.17, 15) is 4.79 Å². The van der Waals surface area contributed by atoms with Gasteiger partial charge in [-0.2, -0.15) is 0 Å². The van der Waals surface area contributed by atoms with Gasteiger partial charge in [-0.05, 0) is 24.0 Å². The second-order valence-corrected chi connectivity index (χ2v) is 6.76. The van der Waals surface area contributed by atoms with Crippen molar-refractivity contribution >= 4 is 6.09 Å². The van der Waals surface area contributed by atoms with Crippen LogP contribution in [-0.2, 0) is 17.9 Å². The van der Waals surface area contributed by atoms with Gasteiger partial charge in [-0.3, -0.25) is 0 Å². The molecule has 1 amide bonds. The van der Waals surface area contributed by atoms with Gasteiger partial charge in [-0.15, -0.1) is 0 Å². The van der Waals surface area contributed by atoms with Gasteiger partial charge in [0.25, 0.3) is 0 Å². The molecule has 0 aliphatic heterocycles. The van der Waals surface area contributed by atoms with E-state index >= 15 is 0 Å².